The highest BCUT2D eigenvalue weighted by Crippen LogP contribution is 2.15. The van der Waals surface area contributed by atoms with E-state index in [0.29, 0.717) is 0 Å². The van der Waals surface area contributed by atoms with Crippen molar-refractivity contribution in [2.75, 3.05) is 39.3 Å². The number of nitrogens with zero attached hydrogens (tertiary/aromatic N) is 3. The van der Waals surface area contributed by atoms with E-state index >= 15 is 0 Å². The number of hydrogen-bond donors (Lipinski definition) is 2. The molecule has 0 amide bonds. The molecule has 2 N–H and O–H groups in total. The number of likely N-dealkylation sites (tertiary alicyclic amines) is 1. The first-order chi connectivity index (χ1) is 11.7. The molecule has 1 saturated heterocycles. The average molecular weight is 352 g/mol. The summed E-state index contributed by atoms with van der Waals surface area (Å²) in [6, 6.07) is 0. The predicted molar refractivity (Wildman–Crippen MR) is 104 cm³/mol. The number of hydrogen-bond acceptors (Lipinski definition) is 4. The Morgan fingerprint density at radius 3 is 2.83 bits per heavy atom. The van der Waals surface area contributed by atoms with Crippen LogP contribution in [-0.4, -0.2) is 55.1 Å². The minimum atomic E-state index is 0.874. The molecular weight excluding hydrogens is 318 g/mol. The molecule has 0 radical (unpaired) electrons. The van der Waals surface area contributed by atoms with Crippen molar-refractivity contribution in [3.63, 3.8) is 0 Å². The highest BCUT2D eigenvalue weighted by atomic mass is 32.1. The summed E-state index contributed by atoms with van der Waals surface area (Å²) in [5, 5.41) is 10.0. The van der Waals surface area contributed by atoms with Gasteiger partial charge < -0.3 is 15.5 Å². The van der Waals surface area contributed by atoms with Crippen molar-refractivity contribution in [1.82, 2.24) is 20.5 Å². The van der Waals surface area contributed by atoms with Crippen LogP contribution >= 0.6 is 11.3 Å². The van der Waals surface area contributed by atoms with Crippen LogP contribution in [-0.2, 0) is 6.42 Å². The fraction of sp³-hybridized carbons (Fsp3) is 0.778. The number of aliphatic imine (C=N–C) groups is 1. The zero-order chi connectivity index (χ0) is 17.2. The normalized spacial score (nSPS) is 17.2. The van der Waals surface area contributed by atoms with E-state index in [9.17, 15) is 0 Å². The van der Waals surface area contributed by atoms with Gasteiger partial charge in [-0.05, 0) is 58.7 Å². The fourth-order valence-corrected chi connectivity index (χ4v) is 3.59. The Balaban J connectivity index is 1.64. The van der Waals surface area contributed by atoms with Crippen molar-refractivity contribution in [2.45, 2.75) is 46.5 Å². The second-order valence-electron chi connectivity index (χ2n) is 6.67. The second-order valence-corrected chi connectivity index (χ2v) is 7.74. The maximum absolute atomic E-state index is 4.70. The van der Waals surface area contributed by atoms with Crippen LogP contribution in [0.15, 0.2) is 10.4 Å². The topological polar surface area (TPSA) is 52.6 Å². The third-order valence-electron chi connectivity index (χ3n) is 4.46. The molecule has 0 unspecified atom stereocenters. The number of piperidine rings is 1. The van der Waals surface area contributed by atoms with Crippen LogP contribution in [0.4, 0.5) is 0 Å². The second kappa shape index (κ2) is 10.7. The van der Waals surface area contributed by atoms with Gasteiger partial charge in [-0.25, -0.2) is 4.98 Å². The Kier molecular flexibility index (Phi) is 8.53. The lowest BCUT2D eigenvalue weighted by atomic mass is 9.99. The molecule has 1 aromatic rings. The largest absolute Gasteiger partial charge is 0.357 e. The summed E-state index contributed by atoms with van der Waals surface area (Å²) in [6.45, 7) is 12.9. The first-order valence-electron chi connectivity index (χ1n) is 9.33. The van der Waals surface area contributed by atoms with Gasteiger partial charge in [0.2, 0.25) is 0 Å². The van der Waals surface area contributed by atoms with E-state index in [-0.39, 0.29) is 0 Å². The van der Waals surface area contributed by atoms with Gasteiger partial charge in [0.25, 0.3) is 0 Å². The van der Waals surface area contributed by atoms with Crippen molar-refractivity contribution in [3.05, 3.63) is 16.1 Å². The first kappa shape index (κ1) is 19.2. The molecule has 1 aliphatic rings. The summed E-state index contributed by atoms with van der Waals surface area (Å²) in [6.07, 6.45) is 4.78. The maximum Gasteiger partial charge on any atom is 0.191 e. The summed E-state index contributed by atoms with van der Waals surface area (Å²) in [7, 11) is 0. The number of aromatic nitrogens is 1. The van der Waals surface area contributed by atoms with Gasteiger partial charge in [-0.2, -0.15) is 0 Å². The fourth-order valence-electron chi connectivity index (χ4n) is 2.94. The molecule has 5 nitrogen and oxygen atoms in total. The standard InChI is InChI=1S/C18H33N5S/c1-4-19-18(21-10-6-17-14-24-16(3)22-17)20-9-5-11-23-12-7-15(2)8-13-23/h14-15H,4-13H2,1-3H3,(H2,19,20,21). The maximum atomic E-state index is 4.70. The quantitative estimate of drug-likeness (QED) is 0.429. The van der Waals surface area contributed by atoms with Gasteiger partial charge >= 0.3 is 0 Å². The third kappa shape index (κ3) is 7.18. The highest BCUT2D eigenvalue weighted by molar-refractivity contribution is 7.09. The van der Waals surface area contributed by atoms with Gasteiger partial charge in [-0.3, -0.25) is 4.99 Å². The summed E-state index contributed by atoms with van der Waals surface area (Å²) in [4.78, 5) is 11.8. The molecule has 6 heteroatoms. The van der Waals surface area contributed by atoms with Gasteiger partial charge in [-0.1, -0.05) is 6.92 Å². The van der Waals surface area contributed by atoms with Crippen LogP contribution in [0.5, 0.6) is 0 Å². The smallest absolute Gasteiger partial charge is 0.191 e. The van der Waals surface area contributed by atoms with Crippen molar-refractivity contribution >= 4 is 17.3 Å². The van der Waals surface area contributed by atoms with Gasteiger partial charge in [0.05, 0.1) is 10.7 Å². The zero-order valence-corrected chi connectivity index (χ0v) is 16.3. The van der Waals surface area contributed by atoms with Gasteiger partial charge in [-0.15, -0.1) is 11.3 Å². The molecule has 1 fully saturated rings. The average Bonchev–Trinajstić information content (AvgIpc) is 2.98. The monoisotopic (exact) mass is 351 g/mol. The van der Waals surface area contributed by atoms with Gasteiger partial charge in [0.1, 0.15) is 0 Å². The van der Waals surface area contributed by atoms with Crippen LogP contribution in [0.2, 0.25) is 0 Å². The lowest BCUT2D eigenvalue weighted by molar-refractivity contribution is 0.192. The Hall–Kier alpha value is -1.14. The van der Waals surface area contributed by atoms with Crippen molar-refractivity contribution < 1.29 is 0 Å². The van der Waals surface area contributed by atoms with Gasteiger partial charge in [0.15, 0.2) is 5.96 Å². The molecule has 0 aliphatic carbocycles. The summed E-state index contributed by atoms with van der Waals surface area (Å²) < 4.78 is 0. The van der Waals surface area contributed by atoms with E-state index in [2.05, 4.69) is 46.7 Å². The minimum absolute atomic E-state index is 0.874. The summed E-state index contributed by atoms with van der Waals surface area (Å²) in [5.41, 5.74) is 1.17. The van der Waals surface area contributed by atoms with Crippen molar-refractivity contribution in [2.24, 2.45) is 10.9 Å². The SMILES string of the molecule is CCNC(=NCCCN1CCC(C)CC1)NCCc1csc(C)n1. The molecule has 2 rings (SSSR count). The molecule has 0 saturated carbocycles. The lowest BCUT2D eigenvalue weighted by Crippen LogP contribution is -2.38. The van der Waals surface area contributed by atoms with Crippen molar-refractivity contribution in [3.8, 4) is 0 Å². The van der Waals surface area contributed by atoms with Crippen LogP contribution < -0.4 is 10.6 Å². The van der Waals surface area contributed by atoms with Crippen LogP contribution in [0.1, 0.15) is 43.8 Å². The molecule has 0 bridgehead atoms. The zero-order valence-electron chi connectivity index (χ0n) is 15.5. The Bertz CT molecular complexity index is 491. The predicted octanol–water partition coefficient (Wildman–Crippen LogP) is 2.67. The molecule has 0 atom stereocenters. The van der Waals surface area contributed by atoms with Crippen LogP contribution in [0.3, 0.4) is 0 Å². The molecule has 0 aromatic carbocycles. The molecule has 1 aromatic heterocycles. The van der Waals surface area contributed by atoms with Crippen LogP contribution in [0.25, 0.3) is 0 Å². The number of guanidine groups is 1. The Morgan fingerprint density at radius 1 is 1.38 bits per heavy atom. The van der Waals surface area contributed by atoms with E-state index in [0.717, 1.165) is 49.4 Å². The summed E-state index contributed by atoms with van der Waals surface area (Å²) >= 11 is 1.71. The van der Waals surface area contributed by atoms with Crippen molar-refractivity contribution in [1.29, 1.82) is 0 Å². The molecule has 136 valence electrons. The third-order valence-corrected chi connectivity index (χ3v) is 5.29. The first-order valence-corrected chi connectivity index (χ1v) is 10.2. The van der Waals surface area contributed by atoms with E-state index in [1.165, 1.54) is 38.2 Å². The number of aryl methyl sites for hydroxylation is 1. The van der Waals surface area contributed by atoms with E-state index < -0.39 is 0 Å². The number of nitrogens with one attached hydrogen (secondary N) is 2. The van der Waals surface area contributed by atoms with Crippen LogP contribution in [0, 0.1) is 12.8 Å². The Labute approximate surface area is 151 Å². The number of thiazole rings is 1. The molecule has 0 spiro atoms. The van der Waals surface area contributed by atoms with Gasteiger partial charge in [0, 0.05) is 31.4 Å². The lowest BCUT2D eigenvalue weighted by Gasteiger charge is -2.29. The molecular formula is C18H33N5S. The highest BCUT2D eigenvalue weighted by Gasteiger charge is 2.14. The van der Waals surface area contributed by atoms with E-state index in [1.54, 1.807) is 11.3 Å². The van der Waals surface area contributed by atoms with E-state index in [4.69, 9.17) is 4.99 Å². The minimum Gasteiger partial charge on any atom is -0.357 e. The number of rotatable bonds is 8. The van der Waals surface area contributed by atoms with E-state index in [1.807, 2.05) is 0 Å². The summed E-state index contributed by atoms with van der Waals surface area (Å²) in [5.74, 6) is 1.84. The molecule has 24 heavy (non-hydrogen) atoms. The Morgan fingerprint density at radius 2 is 2.17 bits per heavy atom. The molecule has 2 heterocycles. The molecule has 1 aliphatic heterocycles.